The minimum atomic E-state index is -4.42. The fraction of sp³-hybridized carbons (Fsp3) is 0.462. The Morgan fingerprint density at radius 1 is 1.30 bits per heavy atom. The first-order valence-electron chi connectivity index (χ1n) is 6.38. The van der Waals surface area contributed by atoms with E-state index in [4.69, 9.17) is 5.73 Å². The highest BCUT2D eigenvalue weighted by Gasteiger charge is 2.34. The van der Waals surface area contributed by atoms with Crippen LogP contribution in [0.15, 0.2) is 24.3 Å². The van der Waals surface area contributed by atoms with E-state index >= 15 is 0 Å². The summed E-state index contributed by atoms with van der Waals surface area (Å²) in [4.78, 5) is 11.9. The Bertz CT molecular complexity index is 490. The van der Waals surface area contributed by atoms with E-state index in [1.54, 1.807) is 5.01 Å². The SMILES string of the molecule is NCCCN1CCC(=O)N1c1cccc(C(F)(F)F)c1. The van der Waals surface area contributed by atoms with Gasteiger partial charge < -0.3 is 5.73 Å². The monoisotopic (exact) mass is 287 g/mol. The van der Waals surface area contributed by atoms with Gasteiger partial charge in [-0.15, -0.1) is 0 Å². The van der Waals surface area contributed by atoms with E-state index in [1.165, 1.54) is 17.1 Å². The molecule has 0 bridgehead atoms. The van der Waals surface area contributed by atoms with Crippen molar-refractivity contribution in [2.45, 2.75) is 19.0 Å². The van der Waals surface area contributed by atoms with Crippen LogP contribution in [-0.4, -0.2) is 30.6 Å². The third kappa shape index (κ3) is 3.10. The smallest absolute Gasteiger partial charge is 0.330 e. The third-order valence-electron chi connectivity index (χ3n) is 3.14. The Balaban J connectivity index is 2.26. The zero-order chi connectivity index (χ0) is 14.8. The van der Waals surface area contributed by atoms with Gasteiger partial charge in [0.25, 0.3) is 0 Å². The molecule has 1 heterocycles. The molecule has 0 radical (unpaired) electrons. The normalized spacial score (nSPS) is 17.0. The summed E-state index contributed by atoms with van der Waals surface area (Å²) in [7, 11) is 0. The van der Waals surface area contributed by atoms with Crippen LogP contribution in [0.25, 0.3) is 0 Å². The van der Waals surface area contributed by atoms with Gasteiger partial charge in [-0.2, -0.15) is 13.2 Å². The van der Waals surface area contributed by atoms with E-state index in [-0.39, 0.29) is 11.6 Å². The maximum atomic E-state index is 12.7. The van der Waals surface area contributed by atoms with E-state index in [2.05, 4.69) is 0 Å². The van der Waals surface area contributed by atoms with Crippen molar-refractivity contribution in [3.8, 4) is 0 Å². The molecule has 0 aliphatic carbocycles. The second-order valence-electron chi connectivity index (χ2n) is 4.60. The molecule has 1 amide bonds. The van der Waals surface area contributed by atoms with Gasteiger partial charge >= 0.3 is 6.18 Å². The molecule has 4 nitrogen and oxygen atoms in total. The molecule has 20 heavy (non-hydrogen) atoms. The van der Waals surface area contributed by atoms with Gasteiger partial charge in [0.15, 0.2) is 0 Å². The van der Waals surface area contributed by atoms with Crippen LogP contribution in [0, 0.1) is 0 Å². The second kappa shape index (κ2) is 5.80. The average molecular weight is 287 g/mol. The molecule has 7 heteroatoms. The summed E-state index contributed by atoms with van der Waals surface area (Å²) < 4.78 is 38.2. The molecular weight excluding hydrogens is 271 g/mol. The van der Waals surface area contributed by atoms with E-state index in [0.29, 0.717) is 32.5 Å². The maximum Gasteiger partial charge on any atom is 0.416 e. The zero-order valence-electron chi connectivity index (χ0n) is 10.9. The summed E-state index contributed by atoms with van der Waals surface area (Å²) >= 11 is 0. The summed E-state index contributed by atoms with van der Waals surface area (Å²) in [5, 5.41) is 3.07. The lowest BCUT2D eigenvalue weighted by atomic mass is 10.2. The number of nitrogens with two attached hydrogens (primary N) is 1. The summed E-state index contributed by atoms with van der Waals surface area (Å²) in [6.07, 6.45) is -3.43. The molecule has 1 fully saturated rings. The summed E-state index contributed by atoms with van der Waals surface area (Å²) in [5.74, 6) is -0.193. The van der Waals surface area contributed by atoms with Crippen molar-refractivity contribution in [2.75, 3.05) is 24.6 Å². The predicted molar refractivity (Wildman–Crippen MR) is 68.8 cm³/mol. The number of halogens is 3. The zero-order valence-corrected chi connectivity index (χ0v) is 10.9. The van der Waals surface area contributed by atoms with Crippen molar-refractivity contribution >= 4 is 11.6 Å². The highest BCUT2D eigenvalue weighted by Crippen LogP contribution is 2.33. The fourth-order valence-electron chi connectivity index (χ4n) is 2.20. The number of carbonyl (C=O) groups is 1. The summed E-state index contributed by atoms with van der Waals surface area (Å²) in [6.45, 7) is 1.54. The molecule has 0 spiro atoms. The lowest BCUT2D eigenvalue weighted by Crippen LogP contribution is -2.40. The highest BCUT2D eigenvalue weighted by molar-refractivity contribution is 5.94. The standard InChI is InChI=1S/C13H16F3N3O/c14-13(15,16)10-3-1-4-11(9-10)19-12(20)5-8-18(19)7-2-6-17/h1,3-4,9H,2,5-8,17H2. The number of rotatable bonds is 4. The highest BCUT2D eigenvalue weighted by atomic mass is 19.4. The van der Waals surface area contributed by atoms with Crippen LogP contribution in [0.4, 0.5) is 18.9 Å². The third-order valence-corrected chi connectivity index (χ3v) is 3.14. The van der Waals surface area contributed by atoms with Gasteiger partial charge in [-0.3, -0.25) is 4.79 Å². The average Bonchev–Trinajstić information content (AvgIpc) is 2.76. The van der Waals surface area contributed by atoms with Crippen molar-refractivity contribution in [3.63, 3.8) is 0 Å². The van der Waals surface area contributed by atoms with Crippen molar-refractivity contribution in [1.29, 1.82) is 0 Å². The first kappa shape index (κ1) is 14.8. The molecule has 1 aromatic carbocycles. The van der Waals surface area contributed by atoms with Crippen LogP contribution >= 0.6 is 0 Å². The van der Waals surface area contributed by atoms with E-state index in [0.717, 1.165) is 12.1 Å². The van der Waals surface area contributed by atoms with Gasteiger partial charge in [-0.1, -0.05) is 6.07 Å². The summed E-state index contributed by atoms with van der Waals surface area (Å²) in [5.41, 5.74) is 4.92. The Morgan fingerprint density at radius 2 is 2.05 bits per heavy atom. The molecule has 0 unspecified atom stereocenters. The minimum Gasteiger partial charge on any atom is -0.330 e. The van der Waals surface area contributed by atoms with Gasteiger partial charge in [0.05, 0.1) is 11.3 Å². The fourth-order valence-corrected chi connectivity index (χ4v) is 2.20. The summed E-state index contributed by atoms with van der Waals surface area (Å²) in [6, 6.07) is 4.81. The van der Waals surface area contributed by atoms with E-state index < -0.39 is 11.7 Å². The Morgan fingerprint density at radius 3 is 2.70 bits per heavy atom. The minimum absolute atomic E-state index is 0.193. The molecule has 1 aliphatic heterocycles. The first-order valence-corrected chi connectivity index (χ1v) is 6.38. The number of carbonyl (C=O) groups excluding carboxylic acids is 1. The van der Waals surface area contributed by atoms with E-state index in [1.807, 2.05) is 0 Å². The van der Waals surface area contributed by atoms with Crippen LogP contribution < -0.4 is 10.7 Å². The number of nitrogens with zero attached hydrogens (tertiary/aromatic N) is 2. The van der Waals surface area contributed by atoms with Crippen LogP contribution in [0.5, 0.6) is 0 Å². The molecule has 0 atom stereocenters. The molecule has 2 rings (SSSR count). The lowest BCUT2D eigenvalue weighted by Gasteiger charge is -2.28. The quantitative estimate of drug-likeness (QED) is 0.921. The van der Waals surface area contributed by atoms with Crippen LogP contribution in [-0.2, 0) is 11.0 Å². The number of anilines is 1. The van der Waals surface area contributed by atoms with Crippen LogP contribution in [0.2, 0.25) is 0 Å². The largest absolute Gasteiger partial charge is 0.416 e. The van der Waals surface area contributed by atoms with Gasteiger partial charge in [0, 0.05) is 19.5 Å². The Labute approximate surface area is 114 Å². The van der Waals surface area contributed by atoms with Crippen molar-refractivity contribution in [2.24, 2.45) is 5.73 Å². The molecule has 1 aromatic rings. The van der Waals surface area contributed by atoms with Gasteiger partial charge in [-0.05, 0) is 31.2 Å². The number of hydrogen-bond donors (Lipinski definition) is 1. The number of hydrogen-bond acceptors (Lipinski definition) is 3. The topological polar surface area (TPSA) is 49.6 Å². The second-order valence-corrected chi connectivity index (χ2v) is 4.60. The Kier molecular flexibility index (Phi) is 4.29. The van der Waals surface area contributed by atoms with Gasteiger partial charge in [0.1, 0.15) is 0 Å². The van der Waals surface area contributed by atoms with Crippen LogP contribution in [0.1, 0.15) is 18.4 Å². The molecule has 1 aliphatic rings. The number of benzene rings is 1. The molecular formula is C13H16F3N3O. The maximum absolute atomic E-state index is 12.7. The molecule has 110 valence electrons. The lowest BCUT2D eigenvalue weighted by molar-refractivity contribution is -0.137. The predicted octanol–water partition coefficient (Wildman–Crippen LogP) is 2.01. The number of hydrazine groups is 1. The first-order chi connectivity index (χ1) is 9.43. The van der Waals surface area contributed by atoms with Gasteiger partial charge in [0.2, 0.25) is 5.91 Å². The number of alkyl halides is 3. The van der Waals surface area contributed by atoms with E-state index in [9.17, 15) is 18.0 Å². The van der Waals surface area contributed by atoms with Crippen LogP contribution in [0.3, 0.4) is 0 Å². The molecule has 1 saturated heterocycles. The Hall–Kier alpha value is -1.60. The molecule has 2 N–H and O–H groups in total. The molecule has 0 aromatic heterocycles. The van der Waals surface area contributed by atoms with Crippen molar-refractivity contribution in [1.82, 2.24) is 5.01 Å². The van der Waals surface area contributed by atoms with Gasteiger partial charge in [-0.25, -0.2) is 10.0 Å². The number of amides is 1. The molecule has 0 saturated carbocycles. The van der Waals surface area contributed by atoms with Crippen molar-refractivity contribution < 1.29 is 18.0 Å². The van der Waals surface area contributed by atoms with Crippen molar-refractivity contribution in [3.05, 3.63) is 29.8 Å².